The van der Waals surface area contributed by atoms with Gasteiger partial charge >= 0.3 is 0 Å². The number of carbonyl (C=O) groups is 2. The molecule has 3 rings (SSSR count). The van der Waals surface area contributed by atoms with Crippen LogP contribution in [0.1, 0.15) is 44.9 Å². The van der Waals surface area contributed by atoms with E-state index in [4.69, 9.17) is 4.74 Å². The molecule has 0 aromatic heterocycles. The number of benzene rings is 1. The molecule has 2 aliphatic rings. The number of phenolic OH excluding ortho intramolecular Hbond substituents is 2. The molecule has 2 aliphatic carbocycles. The lowest BCUT2D eigenvalue weighted by Crippen LogP contribution is -2.48. The van der Waals surface area contributed by atoms with E-state index in [-0.39, 0.29) is 23.3 Å². The van der Waals surface area contributed by atoms with Crippen molar-refractivity contribution < 1.29 is 39.9 Å². The van der Waals surface area contributed by atoms with Gasteiger partial charge in [-0.05, 0) is 6.92 Å². The lowest BCUT2D eigenvalue weighted by Gasteiger charge is -2.39. The number of carbonyl (C=O) groups excluding carboxylic acids is 2. The van der Waals surface area contributed by atoms with Gasteiger partial charge in [0.15, 0.2) is 11.5 Å². The minimum absolute atomic E-state index is 0.104. The Kier molecular flexibility index (Phi) is 3.45. The van der Waals surface area contributed by atoms with E-state index >= 15 is 0 Å². The predicted molar refractivity (Wildman–Crippen MR) is 78.8 cm³/mol. The molecular weight excluding hydrogens is 320 g/mol. The molecule has 8 nitrogen and oxygen atoms in total. The van der Waals surface area contributed by atoms with Crippen LogP contribution in [0.3, 0.4) is 0 Å². The third-order valence-corrected chi connectivity index (χ3v) is 4.54. The molecule has 0 saturated heterocycles. The van der Waals surface area contributed by atoms with Crippen molar-refractivity contribution in [2.24, 2.45) is 0 Å². The Morgan fingerprint density at radius 3 is 2.38 bits per heavy atom. The molecule has 0 spiro atoms. The molecule has 0 aliphatic heterocycles. The van der Waals surface area contributed by atoms with Crippen LogP contribution in [-0.2, 0) is 11.2 Å². The van der Waals surface area contributed by atoms with E-state index in [1.807, 2.05) is 0 Å². The number of Topliss-reactive ketones (excluding diaryl/α,β-unsaturated/α-hetero) is 1. The van der Waals surface area contributed by atoms with E-state index in [0.717, 1.165) is 6.08 Å². The van der Waals surface area contributed by atoms with Crippen LogP contribution in [0, 0.1) is 0 Å². The lowest BCUT2D eigenvalue weighted by atomic mass is 9.74. The summed E-state index contributed by atoms with van der Waals surface area (Å²) in [7, 11) is 1.18. The van der Waals surface area contributed by atoms with E-state index in [2.05, 4.69) is 0 Å². The van der Waals surface area contributed by atoms with Crippen molar-refractivity contribution >= 4 is 11.6 Å². The highest BCUT2D eigenvalue weighted by molar-refractivity contribution is 6.26. The van der Waals surface area contributed by atoms with E-state index in [1.165, 1.54) is 14.0 Å². The summed E-state index contributed by atoms with van der Waals surface area (Å²) in [5.41, 5.74) is -3.10. The van der Waals surface area contributed by atoms with Gasteiger partial charge in [-0.3, -0.25) is 9.59 Å². The molecule has 0 amide bonds. The molecular formula is C16H16O8. The second-order valence-corrected chi connectivity index (χ2v) is 6.17. The predicted octanol–water partition coefficient (Wildman–Crippen LogP) is -0.291. The van der Waals surface area contributed by atoms with E-state index in [0.29, 0.717) is 0 Å². The fourth-order valence-corrected chi connectivity index (χ4v) is 3.24. The van der Waals surface area contributed by atoms with Gasteiger partial charge in [-0.15, -0.1) is 0 Å². The average molecular weight is 336 g/mol. The Hall–Kier alpha value is -2.42. The molecule has 24 heavy (non-hydrogen) atoms. The van der Waals surface area contributed by atoms with Crippen LogP contribution in [-0.4, -0.2) is 55.9 Å². The second kappa shape index (κ2) is 5.04. The summed E-state index contributed by atoms with van der Waals surface area (Å²) in [5, 5.41) is 51.3. The summed E-state index contributed by atoms with van der Waals surface area (Å²) in [5.74, 6) is -3.22. The first-order valence-electron chi connectivity index (χ1n) is 7.15. The number of hydrogen-bond donors (Lipinski definition) is 5. The number of fused-ring (bicyclic) bond motifs is 2. The number of rotatable bonds is 1. The zero-order valence-electron chi connectivity index (χ0n) is 12.9. The minimum atomic E-state index is -1.80. The first-order valence-corrected chi connectivity index (χ1v) is 7.15. The largest absolute Gasteiger partial charge is 0.507 e. The van der Waals surface area contributed by atoms with Gasteiger partial charge < -0.3 is 30.3 Å². The van der Waals surface area contributed by atoms with Gasteiger partial charge in [0.05, 0.1) is 23.8 Å². The second-order valence-electron chi connectivity index (χ2n) is 6.17. The molecule has 0 radical (unpaired) electrons. The quantitative estimate of drug-likeness (QED) is 0.440. The van der Waals surface area contributed by atoms with Crippen LogP contribution in [0.4, 0.5) is 0 Å². The number of hydrogen-bond acceptors (Lipinski definition) is 8. The summed E-state index contributed by atoms with van der Waals surface area (Å²) in [6, 6.07) is 0. The lowest BCUT2D eigenvalue weighted by molar-refractivity contribution is -0.126. The monoisotopic (exact) mass is 336 g/mol. The Labute approximate surface area is 136 Å². The Balaban J connectivity index is 2.36. The molecule has 8 heteroatoms. The molecule has 0 heterocycles. The molecule has 5 N–H and O–H groups in total. The van der Waals surface area contributed by atoms with Gasteiger partial charge in [0.25, 0.3) is 0 Å². The summed E-state index contributed by atoms with van der Waals surface area (Å²) in [6.45, 7) is 1.24. The fraction of sp³-hybridized carbons (Fsp3) is 0.375. The summed E-state index contributed by atoms with van der Waals surface area (Å²) < 4.78 is 4.81. The molecule has 1 unspecified atom stereocenters. The Morgan fingerprint density at radius 2 is 1.79 bits per heavy atom. The number of aliphatic hydroxyl groups is 3. The van der Waals surface area contributed by atoms with Crippen molar-refractivity contribution in [3.63, 3.8) is 0 Å². The number of ether oxygens (including phenoxy) is 1. The molecule has 0 saturated carbocycles. The van der Waals surface area contributed by atoms with E-state index in [9.17, 15) is 35.1 Å². The van der Waals surface area contributed by atoms with Crippen molar-refractivity contribution in [3.8, 4) is 11.5 Å². The molecule has 0 fully saturated rings. The zero-order chi connectivity index (χ0) is 18.0. The number of methoxy groups -OCH3 is 1. The zero-order valence-corrected chi connectivity index (χ0v) is 12.9. The molecule has 1 aromatic rings. The summed E-state index contributed by atoms with van der Waals surface area (Å²) >= 11 is 0. The SMILES string of the molecule is COC1=CC(=O)c2c(O)c3c(c(O)c2C1=O)C[C@](C)(O)[C@H](O)C3O. The van der Waals surface area contributed by atoms with Crippen molar-refractivity contribution in [1.82, 2.24) is 0 Å². The molecule has 3 atom stereocenters. The summed E-state index contributed by atoms with van der Waals surface area (Å²) in [4.78, 5) is 24.6. The number of phenols is 2. The number of aliphatic hydroxyl groups excluding tert-OH is 2. The maximum absolute atomic E-state index is 12.4. The molecule has 1 aromatic carbocycles. The van der Waals surface area contributed by atoms with Gasteiger partial charge in [0, 0.05) is 23.6 Å². The highest BCUT2D eigenvalue weighted by Gasteiger charge is 2.47. The Morgan fingerprint density at radius 1 is 1.17 bits per heavy atom. The van der Waals surface area contributed by atoms with Crippen LogP contribution in [0.25, 0.3) is 0 Å². The first-order chi connectivity index (χ1) is 11.1. The third-order valence-electron chi connectivity index (χ3n) is 4.54. The maximum atomic E-state index is 12.4. The summed E-state index contributed by atoms with van der Waals surface area (Å²) in [6.07, 6.45) is -2.85. The fourth-order valence-electron chi connectivity index (χ4n) is 3.24. The maximum Gasteiger partial charge on any atom is 0.232 e. The number of aromatic hydroxyl groups is 2. The van der Waals surface area contributed by atoms with Crippen LogP contribution < -0.4 is 0 Å². The average Bonchev–Trinajstić information content (AvgIpc) is 2.51. The molecule has 0 bridgehead atoms. The van der Waals surface area contributed by atoms with E-state index < -0.39 is 52.0 Å². The number of allylic oxidation sites excluding steroid dienone is 2. The first kappa shape index (κ1) is 16.4. The normalized spacial score (nSPS) is 29.0. The van der Waals surface area contributed by atoms with E-state index in [1.54, 1.807) is 0 Å². The Bertz CT molecular complexity index is 805. The standard InChI is InChI=1S/C16H16O8/c1-16(23)4-5-8(14(21)15(16)22)13(20)9-6(17)3-7(24-2)12(19)10(9)11(5)18/h3,14-15,18,20-23H,4H2,1-2H3/t14?,15-,16+/m1/s1. The van der Waals surface area contributed by atoms with Crippen LogP contribution in [0.2, 0.25) is 0 Å². The van der Waals surface area contributed by atoms with Crippen LogP contribution in [0.15, 0.2) is 11.8 Å². The van der Waals surface area contributed by atoms with Crippen molar-refractivity contribution in [1.29, 1.82) is 0 Å². The molecule has 128 valence electrons. The number of ketones is 2. The minimum Gasteiger partial charge on any atom is -0.507 e. The highest BCUT2D eigenvalue weighted by Crippen LogP contribution is 2.49. The topological polar surface area (TPSA) is 145 Å². The van der Waals surface area contributed by atoms with Gasteiger partial charge in [-0.1, -0.05) is 0 Å². The smallest absolute Gasteiger partial charge is 0.232 e. The van der Waals surface area contributed by atoms with Crippen molar-refractivity contribution in [3.05, 3.63) is 34.1 Å². The van der Waals surface area contributed by atoms with Gasteiger partial charge in [0.1, 0.15) is 23.7 Å². The van der Waals surface area contributed by atoms with Gasteiger partial charge in [0.2, 0.25) is 5.78 Å². The highest BCUT2D eigenvalue weighted by atomic mass is 16.5. The van der Waals surface area contributed by atoms with Crippen LogP contribution in [0.5, 0.6) is 11.5 Å². The van der Waals surface area contributed by atoms with Gasteiger partial charge in [-0.25, -0.2) is 0 Å². The van der Waals surface area contributed by atoms with Crippen LogP contribution >= 0.6 is 0 Å². The van der Waals surface area contributed by atoms with Gasteiger partial charge in [-0.2, -0.15) is 0 Å². The van der Waals surface area contributed by atoms with Crippen molar-refractivity contribution in [2.75, 3.05) is 7.11 Å². The van der Waals surface area contributed by atoms with Crippen molar-refractivity contribution in [2.45, 2.75) is 31.2 Å². The third kappa shape index (κ3) is 1.97.